The van der Waals surface area contributed by atoms with Gasteiger partial charge in [0.1, 0.15) is 11.6 Å². The van der Waals surface area contributed by atoms with Gasteiger partial charge in [0.25, 0.3) is 0 Å². The van der Waals surface area contributed by atoms with Gasteiger partial charge in [-0.05, 0) is 25.1 Å². The molecule has 0 aliphatic heterocycles. The van der Waals surface area contributed by atoms with Gasteiger partial charge in [0.2, 0.25) is 0 Å². The Hall–Kier alpha value is -1.72. The predicted octanol–water partition coefficient (Wildman–Crippen LogP) is 3.51. The van der Waals surface area contributed by atoms with E-state index in [4.69, 9.17) is 16.3 Å². The fraction of sp³-hybridized carbons (Fsp3) is 0.286. The normalized spacial score (nSPS) is 10.6. The Kier molecular flexibility index (Phi) is 4.87. The Bertz CT molecular complexity index is 583. The van der Waals surface area contributed by atoms with Crippen molar-refractivity contribution in [1.82, 2.24) is 9.97 Å². The number of methoxy groups -OCH3 is 1. The summed E-state index contributed by atoms with van der Waals surface area (Å²) in [6.07, 6.45) is 0. The number of nitrogens with zero attached hydrogens (tertiary/aromatic N) is 2. The molecule has 1 aromatic heterocycles. The van der Waals surface area contributed by atoms with Crippen LogP contribution in [0.3, 0.4) is 0 Å². The van der Waals surface area contributed by atoms with Crippen molar-refractivity contribution in [3.05, 3.63) is 40.8 Å². The third-order valence-corrected chi connectivity index (χ3v) is 2.91. The van der Waals surface area contributed by atoms with Gasteiger partial charge in [-0.2, -0.15) is 0 Å². The average Bonchev–Trinajstić information content (AvgIpc) is 2.42. The van der Waals surface area contributed by atoms with Crippen LogP contribution in [0.15, 0.2) is 24.3 Å². The number of nitrogens with one attached hydrogen (secondary N) is 1. The molecule has 0 aliphatic carbocycles. The summed E-state index contributed by atoms with van der Waals surface area (Å²) in [5.74, 6) is 0.626. The van der Waals surface area contributed by atoms with Crippen LogP contribution in [0.4, 0.5) is 10.2 Å². The van der Waals surface area contributed by atoms with Crippen molar-refractivity contribution < 1.29 is 9.13 Å². The van der Waals surface area contributed by atoms with Gasteiger partial charge in [0, 0.05) is 25.3 Å². The molecule has 0 unspecified atom stereocenters. The van der Waals surface area contributed by atoms with Crippen molar-refractivity contribution in [1.29, 1.82) is 0 Å². The molecule has 0 amide bonds. The zero-order valence-electron chi connectivity index (χ0n) is 11.3. The molecule has 0 bridgehead atoms. The second-order valence-corrected chi connectivity index (χ2v) is 4.57. The maximum absolute atomic E-state index is 13.5. The van der Waals surface area contributed by atoms with Crippen LogP contribution in [0.5, 0.6) is 0 Å². The SMILES string of the molecule is CCNc1cc(COC)nc(-c2ccc(Cl)c(F)c2)n1. The molecule has 6 heteroatoms. The van der Waals surface area contributed by atoms with Crippen molar-refractivity contribution in [2.75, 3.05) is 19.0 Å². The minimum Gasteiger partial charge on any atom is -0.378 e. The Morgan fingerprint density at radius 1 is 1.30 bits per heavy atom. The molecule has 0 spiro atoms. The largest absolute Gasteiger partial charge is 0.378 e. The summed E-state index contributed by atoms with van der Waals surface area (Å²) in [5.41, 5.74) is 1.30. The topological polar surface area (TPSA) is 47.0 Å². The summed E-state index contributed by atoms with van der Waals surface area (Å²) >= 11 is 5.68. The molecule has 4 nitrogen and oxygen atoms in total. The maximum atomic E-state index is 13.5. The summed E-state index contributed by atoms with van der Waals surface area (Å²) in [5, 5.41) is 3.19. The van der Waals surface area contributed by atoms with E-state index in [-0.39, 0.29) is 5.02 Å². The average molecular weight is 296 g/mol. The highest BCUT2D eigenvalue weighted by Gasteiger charge is 2.09. The van der Waals surface area contributed by atoms with Crippen molar-refractivity contribution in [3.63, 3.8) is 0 Å². The Labute approximate surface area is 122 Å². The van der Waals surface area contributed by atoms with Crippen molar-refractivity contribution in [3.8, 4) is 11.4 Å². The molecule has 2 rings (SSSR count). The van der Waals surface area contributed by atoms with Gasteiger partial charge < -0.3 is 10.1 Å². The fourth-order valence-corrected chi connectivity index (χ4v) is 1.87. The lowest BCUT2D eigenvalue weighted by Gasteiger charge is -2.09. The lowest BCUT2D eigenvalue weighted by atomic mass is 10.2. The molecule has 2 aromatic rings. The van der Waals surface area contributed by atoms with E-state index in [1.807, 2.05) is 13.0 Å². The second-order valence-electron chi connectivity index (χ2n) is 4.16. The van der Waals surface area contributed by atoms with Crippen LogP contribution in [0.25, 0.3) is 11.4 Å². The highest BCUT2D eigenvalue weighted by Crippen LogP contribution is 2.23. The minimum absolute atomic E-state index is 0.0775. The van der Waals surface area contributed by atoms with E-state index in [1.54, 1.807) is 13.2 Å². The molecular weight excluding hydrogens is 281 g/mol. The number of hydrogen-bond donors (Lipinski definition) is 1. The van der Waals surface area contributed by atoms with Gasteiger partial charge in [-0.25, -0.2) is 14.4 Å². The molecule has 0 fully saturated rings. The van der Waals surface area contributed by atoms with Crippen LogP contribution in [-0.4, -0.2) is 23.6 Å². The molecule has 106 valence electrons. The molecule has 1 N–H and O–H groups in total. The first-order valence-electron chi connectivity index (χ1n) is 6.20. The first-order valence-corrected chi connectivity index (χ1v) is 6.58. The van der Waals surface area contributed by atoms with Crippen LogP contribution >= 0.6 is 11.6 Å². The van der Waals surface area contributed by atoms with Crippen LogP contribution in [-0.2, 0) is 11.3 Å². The van der Waals surface area contributed by atoms with E-state index in [0.717, 1.165) is 12.2 Å². The van der Waals surface area contributed by atoms with Crippen LogP contribution in [0.2, 0.25) is 5.02 Å². The van der Waals surface area contributed by atoms with E-state index in [0.29, 0.717) is 23.8 Å². The highest BCUT2D eigenvalue weighted by molar-refractivity contribution is 6.30. The monoisotopic (exact) mass is 295 g/mol. The van der Waals surface area contributed by atoms with Gasteiger partial charge in [-0.1, -0.05) is 11.6 Å². The minimum atomic E-state index is -0.491. The number of anilines is 1. The number of aromatic nitrogens is 2. The van der Waals surface area contributed by atoms with Crippen molar-refractivity contribution in [2.24, 2.45) is 0 Å². The molecule has 0 atom stereocenters. The Balaban J connectivity index is 2.45. The first kappa shape index (κ1) is 14.7. The van der Waals surface area contributed by atoms with Crippen molar-refractivity contribution in [2.45, 2.75) is 13.5 Å². The van der Waals surface area contributed by atoms with Crippen molar-refractivity contribution >= 4 is 17.4 Å². The van der Waals surface area contributed by atoms with E-state index in [9.17, 15) is 4.39 Å². The summed E-state index contributed by atoms with van der Waals surface area (Å²) < 4.78 is 18.6. The number of hydrogen-bond acceptors (Lipinski definition) is 4. The van der Waals surface area contributed by atoms with Gasteiger partial charge >= 0.3 is 0 Å². The lowest BCUT2D eigenvalue weighted by molar-refractivity contribution is 0.181. The summed E-state index contributed by atoms with van der Waals surface area (Å²) in [7, 11) is 1.59. The Morgan fingerprint density at radius 3 is 2.75 bits per heavy atom. The van der Waals surface area contributed by atoms with Crippen LogP contribution < -0.4 is 5.32 Å². The van der Waals surface area contributed by atoms with Crippen LogP contribution in [0.1, 0.15) is 12.6 Å². The standard InChI is InChI=1S/C14H15ClFN3O/c1-3-17-13-7-10(8-20-2)18-14(19-13)9-4-5-11(15)12(16)6-9/h4-7H,3,8H2,1-2H3,(H,17,18,19). The smallest absolute Gasteiger partial charge is 0.161 e. The molecule has 1 heterocycles. The van der Waals surface area contributed by atoms with E-state index < -0.39 is 5.82 Å². The number of ether oxygens (including phenoxy) is 1. The molecular formula is C14H15ClFN3O. The molecule has 0 radical (unpaired) electrons. The quantitative estimate of drug-likeness (QED) is 0.917. The predicted molar refractivity (Wildman–Crippen MR) is 77.3 cm³/mol. The van der Waals surface area contributed by atoms with Gasteiger partial charge in [-0.3, -0.25) is 0 Å². The van der Waals surface area contributed by atoms with E-state index >= 15 is 0 Å². The van der Waals surface area contributed by atoms with Gasteiger partial charge in [0.05, 0.1) is 17.3 Å². The maximum Gasteiger partial charge on any atom is 0.161 e. The molecule has 0 saturated carbocycles. The third kappa shape index (κ3) is 3.43. The summed E-state index contributed by atoms with van der Waals surface area (Å²) in [4.78, 5) is 8.72. The zero-order chi connectivity index (χ0) is 14.5. The van der Waals surface area contributed by atoms with Crippen LogP contribution in [0, 0.1) is 5.82 Å². The fourth-order valence-electron chi connectivity index (χ4n) is 1.76. The molecule has 0 saturated heterocycles. The highest BCUT2D eigenvalue weighted by atomic mass is 35.5. The van der Waals surface area contributed by atoms with Gasteiger partial charge in [0.15, 0.2) is 5.82 Å². The number of benzene rings is 1. The zero-order valence-corrected chi connectivity index (χ0v) is 12.0. The summed E-state index contributed by atoms with van der Waals surface area (Å²) in [6, 6.07) is 6.31. The Morgan fingerprint density at radius 2 is 2.10 bits per heavy atom. The lowest BCUT2D eigenvalue weighted by Crippen LogP contribution is -2.04. The van der Waals surface area contributed by atoms with E-state index in [2.05, 4.69) is 15.3 Å². The second kappa shape index (κ2) is 6.63. The number of halogens is 2. The molecule has 0 aliphatic rings. The van der Waals surface area contributed by atoms with Gasteiger partial charge in [-0.15, -0.1) is 0 Å². The summed E-state index contributed by atoms with van der Waals surface area (Å²) in [6.45, 7) is 3.07. The molecule has 20 heavy (non-hydrogen) atoms. The first-order chi connectivity index (χ1) is 9.63. The molecule has 1 aromatic carbocycles. The third-order valence-electron chi connectivity index (χ3n) is 2.61. The number of rotatable bonds is 5. The van der Waals surface area contributed by atoms with E-state index in [1.165, 1.54) is 12.1 Å².